The third-order valence-electron chi connectivity index (χ3n) is 3.34. The second-order valence-corrected chi connectivity index (χ2v) is 4.90. The summed E-state index contributed by atoms with van der Waals surface area (Å²) in [6.07, 6.45) is 1.94. The molecule has 1 atom stereocenters. The van der Waals surface area contributed by atoms with Gasteiger partial charge in [-0.15, -0.1) is 0 Å². The molecule has 0 aromatic carbocycles. The van der Waals surface area contributed by atoms with Gasteiger partial charge in [0.1, 0.15) is 0 Å². The molecule has 1 unspecified atom stereocenters. The molecule has 4 nitrogen and oxygen atoms in total. The van der Waals surface area contributed by atoms with E-state index in [1.807, 2.05) is 32.9 Å². The van der Waals surface area contributed by atoms with Crippen molar-refractivity contribution in [3.63, 3.8) is 0 Å². The molecule has 4 heteroatoms. The van der Waals surface area contributed by atoms with E-state index in [0.717, 1.165) is 36.5 Å². The van der Waals surface area contributed by atoms with Crippen LogP contribution in [0.2, 0.25) is 0 Å². The van der Waals surface area contributed by atoms with Crippen LogP contribution in [0.4, 0.5) is 5.69 Å². The third-order valence-corrected chi connectivity index (χ3v) is 3.34. The predicted octanol–water partition coefficient (Wildman–Crippen LogP) is 1.78. The van der Waals surface area contributed by atoms with Gasteiger partial charge in [0.2, 0.25) is 5.91 Å². The Bertz CT molecular complexity index is 436. The van der Waals surface area contributed by atoms with Crippen molar-refractivity contribution in [3.05, 3.63) is 23.5 Å². The molecule has 0 spiro atoms. The zero-order valence-electron chi connectivity index (χ0n) is 10.6. The van der Waals surface area contributed by atoms with Crippen molar-refractivity contribution >= 4 is 11.6 Å². The van der Waals surface area contributed by atoms with Gasteiger partial charge in [-0.2, -0.15) is 0 Å². The molecule has 1 saturated heterocycles. The highest BCUT2D eigenvalue weighted by atomic mass is 16.2. The van der Waals surface area contributed by atoms with Gasteiger partial charge in [-0.05, 0) is 52.3 Å². The number of amides is 1. The monoisotopic (exact) mass is 233 g/mol. The van der Waals surface area contributed by atoms with Crippen LogP contribution in [-0.4, -0.2) is 23.0 Å². The van der Waals surface area contributed by atoms with Gasteiger partial charge in [0.05, 0.1) is 16.9 Å². The number of hydrogen-bond donors (Lipinski definition) is 2. The molecule has 2 N–H and O–H groups in total. The summed E-state index contributed by atoms with van der Waals surface area (Å²) in [6.45, 7) is 6.72. The quantitative estimate of drug-likeness (QED) is 0.818. The van der Waals surface area contributed by atoms with Crippen LogP contribution in [0, 0.1) is 13.8 Å². The zero-order valence-corrected chi connectivity index (χ0v) is 10.6. The molecule has 2 rings (SSSR count). The number of aryl methyl sites for hydroxylation is 2. The molecular weight excluding hydrogens is 214 g/mol. The minimum atomic E-state index is -0.433. The van der Waals surface area contributed by atoms with Crippen LogP contribution in [0.25, 0.3) is 0 Å². The molecule has 1 aliphatic rings. The van der Waals surface area contributed by atoms with Gasteiger partial charge in [0.25, 0.3) is 0 Å². The number of carbonyl (C=O) groups excluding carboxylic acids is 1. The summed E-state index contributed by atoms with van der Waals surface area (Å²) in [5.74, 6) is 0.0313. The minimum absolute atomic E-state index is 0.0313. The molecule has 1 aliphatic heterocycles. The van der Waals surface area contributed by atoms with Crippen molar-refractivity contribution in [1.82, 2.24) is 10.3 Å². The van der Waals surface area contributed by atoms with Crippen molar-refractivity contribution in [2.75, 3.05) is 11.9 Å². The van der Waals surface area contributed by atoms with Crippen molar-refractivity contribution in [2.45, 2.75) is 39.2 Å². The molecule has 0 radical (unpaired) electrons. The van der Waals surface area contributed by atoms with Gasteiger partial charge in [-0.3, -0.25) is 9.78 Å². The fraction of sp³-hybridized carbons (Fsp3) is 0.538. The van der Waals surface area contributed by atoms with E-state index in [9.17, 15) is 4.79 Å². The highest BCUT2D eigenvalue weighted by Crippen LogP contribution is 2.21. The highest BCUT2D eigenvalue weighted by Gasteiger charge is 2.35. The Hall–Kier alpha value is -1.42. The van der Waals surface area contributed by atoms with Crippen LogP contribution < -0.4 is 10.6 Å². The maximum Gasteiger partial charge on any atom is 0.244 e. The average molecular weight is 233 g/mol. The summed E-state index contributed by atoms with van der Waals surface area (Å²) < 4.78 is 0. The first-order valence-corrected chi connectivity index (χ1v) is 6.02. The molecule has 0 bridgehead atoms. The second kappa shape index (κ2) is 4.45. The SMILES string of the molecule is Cc1ccc(NC(=O)C2(C)CCCN2)c(C)n1. The number of pyridine rings is 1. The van der Waals surface area contributed by atoms with E-state index in [4.69, 9.17) is 0 Å². The molecule has 0 saturated carbocycles. The molecule has 2 heterocycles. The first-order chi connectivity index (χ1) is 8.01. The van der Waals surface area contributed by atoms with Crippen molar-refractivity contribution in [2.24, 2.45) is 0 Å². The first kappa shape index (κ1) is 12.0. The van der Waals surface area contributed by atoms with Gasteiger partial charge in [-0.1, -0.05) is 0 Å². The summed E-state index contributed by atoms with van der Waals surface area (Å²) in [7, 11) is 0. The molecule has 1 fully saturated rings. The zero-order chi connectivity index (χ0) is 12.5. The number of carbonyl (C=O) groups is 1. The number of nitrogens with zero attached hydrogens (tertiary/aromatic N) is 1. The van der Waals surface area contributed by atoms with Gasteiger partial charge in [0, 0.05) is 5.69 Å². The topological polar surface area (TPSA) is 54.0 Å². The Balaban J connectivity index is 2.13. The third kappa shape index (κ3) is 2.47. The van der Waals surface area contributed by atoms with Crippen molar-refractivity contribution in [3.8, 4) is 0 Å². The fourth-order valence-corrected chi connectivity index (χ4v) is 2.17. The van der Waals surface area contributed by atoms with E-state index in [1.165, 1.54) is 0 Å². The number of nitrogens with one attached hydrogen (secondary N) is 2. The van der Waals surface area contributed by atoms with E-state index >= 15 is 0 Å². The Morgan fingerprint density at radius 1 is 1.47 bits per heavy atom. The van der Waals surface area contributed by atoms with Crippen LogP contribution in [-0.2, 0) is 4.79 Å². The smallest absolute Gasteiger partial charge is 0.244 e. The minimum Gasteiger partial charge on any atom is -0.323 e. The predicted molar refractivity (Wildman–Crippen MR) is 68.0 cm³/mol. The van der Waals surface area contributed by atoms with E-state index in [0.29, 0.717) is 0 Å². The van der Waals surface area contributed by atoms with E-state index < -0.39 is 5.54 Å². The van der Waals surface area contributed by atoms with Gasteiger partial charge in [-0.25, -0.2) is 0 Å². The largest absolute Gasteiger partial charge is 0.323 e. The summed E-state index contributed by atoms with van der Waals surface area (Å²) in [4.78, 5) is 16.5. The lowest BCUT2D eigenvalue weighted by atomic mass is 9.99. The standard InChI is InChI=1S/C13H19N3O/c1-9-5-6-11(10(2)15-9)16-12(17)13(3)7-4-8-14-13/h5-6,14H,4,7-8H2,1-3H3,(H,16,17). The normalized spacial score (nSPS) is 23.7. The molecule has 1 aromatic rings. The van der Waals surface area contributed by atoms with Crippen molar-refractivity contribution in [1.29, 1.82) is 0 Å². The highest BCUT2D eigenvalue weighted by molar-refractivity contribution is 5.98. The van der Waals surface area contributed by atoms with Crippen LogP contribution in [0.1, 0.15) is 31.2 Å². The molecule has 1 aromatic heterocycles. The molecule has 1 amide bonds. The molecular formula is C13H19N3O. The van der Waals surface area contributed by atoms with Crippen LogP contribution >= 0.6 is 0 Å². The second-order valence-electron chi connectivity index (χ2n) is 4.90. The van der Waals surface area contributed by atoms with Crippen LogP contribution in [0.5, 0.6) is 0 Å². The van der Waals surface area contributed by atoms with Crippen LogP contribution in [0.15, 0.2) is 12.1 Å². The number of rotatable bonds is 2. The summed E-state index contributed by atoms with van der Waals surface area (Å²) >= 11 is 0. The maximum atomic E-state index is 12.2. The molecule has 92 valence electrons. The lowest BCUT2D eigenvalue weighted by molar-refractivity contribution is -0.121. The summed E-state index contributed by atoms with van der Waals surface area (Å²) in [5, 5.41) is 6.21. The van der Waals surface area contributed by atoms with Gasteiger partial charge < -0.3 is 10.6 Å². The number of aromatic nitrogens is 1. The Morgan fingerprint density at radius 2 is 2.24 bits per heavy atom. The lowest BCUT2D eigenvalue weighted by Gasteiger charge is -2.23. The number of hydrogen-bond acceptors (Lipinski definition) is 3. The Morgan fingerprint density at radius 3 is 2.82 bits per heavy atom. The summed E-state index contributed by atoms with van der Waals surface area (Å²) in [6, 6.07) is 3.82. The Kier molecular flexibility index (Phi) is 3.15. The molecule has 17 heavy (non-hydrogen) atoms. The van der Waals surface area contributed by atoms with E-state index in [1.54, 1.807) is 0 Å². The van der Waals surface area contributed by atoms with Crippen molar-refractivity contribution < 1.29 is 4.79 Å². The number of anilines is 1. The van der Waals surface area contributed by atoms with E-state index in [2.05, 4.69) is 15.6 Å². The molecule has 0 aliphatic carbocycles. The Labute approximate surface area is 102 Å². The first-order valence-electron chi connectivity index (χ1n) is 6.02. The van der Waals surface area contributed by atoms with Crippen LogP contribution in [0.3, 0.4) is 0 Å². The van der Waals surface area contributed by atoms with Gasteiger partial charge in [0.15, 0.2) is 0 Å². The average Bonchev–Trinajstić information content (AvgIpc) is 2.71. The lowest BCUT2D eigenvalue weighted by Crippen LogP contribution is -2.48. The van der Waals surface area contributed by atoms with E-state index in [-0.39, 0.29) is 5.91 Å². The fourth-order valence-electron chi connectivity index (χ4n) is 2.17. The van der Waals surface area contributed by atoms with Gasteiger partial charge >= 0.3 is 0 Å². The maximum absolute atomic E-state index is 12.2. The summed E-state index contributed by atoms with van der Waals surface area (Å²) in [5.41, 5.74) is 2.19.